The van der Waals surface area contributed by atoms with Crippen LogP contribution in [0.3, 0.4) is 0 Å². The molecule has 4 rings (SSSR count). The van der Waals surface area contributed by atoms with Gasteiger partial charge in [0.15, 0.2) is 0 Å². The number of amides is 2. The van der Waals surface area contributed by atoms with E-state index in [2.05, 4.69) is 12.2 Å². The number of nitrogens with one attached hydrogen (secondary N) is 1. The fourth-order valence-corrected chi connectivity index (χ4v) is 5.40. The van der Waals surface area contributed by atoms with E-state index in [1.165, 1.54) is 24.8 Å². The first kappa shape index (κ1) is 24.9. The molecule has 0 aromatic heterocycles. The number of anilines is 2. The van der Waals surface area contributed by atoms with Crippen LogP contribution < -0.4 is 15.0 Å². The van der Waals surface area contributed by atoms with Gasteiger partial charge in [0.05, 0.1) is 18.0 Å². The second-order valence-electron chi connectivity index (χ2n) is 8.56. The van der Waals surface area contributed by atoms with Crippen LogP contribution in [0.1, 0.15) is 60.0 Å². The number of benzene rings is 3. The zero-order valence-electron chi connectivity index (χ0n) is 20.3. The highest BCUT2D eigenvalue weighted by molar-refractivity contribution is 8.00. The number of ether oxygens (including phenoxy) is 1. The predicted molar refractivity (Wildman–Crippen MR) is 144 cm³/mol. The minimum Gasteiger partial charge on any atom is -0.492 e. The van der Waals surface area contributed by atoms with E-state index in [0.29, 0.717) is 29.4 Å². The van der Waals surface area contributed by atoms with Gasteiger partial charge >= 0.3 is 0 Å². The lowest BCUT2D eigenvalue weighted by Crippen LogP contribution is -2.28. The third kappa shape index (κ3) is 6.06. The molecule has 1 heterocycles. The average Bonchev–Trinajstić information content (AvgIpc) is 3.26. The van der Waals surface area contributed by atoms with Gasteiger partial charge < -0.3 is 10.1 Å². The zero-order chi connectivity index (χ0) is 24.6. The van der Waals surface area contributed by atoms with E-state index >= 15 is 0 Å². The topological polar surface area (TPSA) is 58.6 Å². The van der Waals surface area contributed by atoms with E-state index in [4.69, 9.17) is 4.74 Å². The molecular formula is C29H32N2O3S. The van der Waals surface area contributed by atoms with Gasteiger partial charge in [-0.1, -0.05) is 56.2 Å². The number of rotatable bonds is 10. The quantitative estimate of drug-likeness (QED) is 0.317. The van der Waals surface area contributed by atoms with Crippen LogP contribution in [0, 0.1) is 0 Å². The molecule has 1 aliphatic rings. The van der Waals surface area contributed by atoms with Crippen LogP contribution >= 0.6 is 11.8 Å². The molecule has 6 heteroatoms. The molecule has 1 atom stereocenters. The Kier molecular flexibility index (Phi) is 8.48. The maximum Gasteiger partial charge on any atom is 0.255 e. The maximum atomic E-state index is 12.9. The van der Waals surface area contributed by atoms with Crippen LogP contribution in [-0.4, -0.2) is 24.2 Å². The van der Waals surface area contributed by atoms with Crippen LogP contribution in [0.5, 0.6) is 5.75 Å². The molecule has 0 saturated carbocycles. The summed E-state index contributed by atoms with van der Waals surface area (Å²) in [6, 6.07) is 23.2. The van der Waals surface area contributed by atoms with Crippen molar-refractivity contribution in [2.45, 2.75) is 44.9 Å². The van der Waals surface area contributed by atoms with Crippen molar-refractivity contribution in [2.75, 3.05) is 22.6 Å². The third-order valence-electron chi connectivity index (χ3n) is 6.01. The van der Waals surface area contributed by atoms with Crippen LogP contribution in [0.15, 0.2) is 72.8 Å². The van der Waals surface area contributed by atoms with Crippen molar-refractivity contribution >= 4 is 35.0 Å². The highest BCUT2D eigenvalue weighted by Crippen LogP contribution is 2.45. The van der Waals surface area contributed by atoms with Crippen molar-refractivity contribution in [1.29, 1.82) is 0 Å². The van der Waals surface area contributed by atoms with Crippen molar-refractivity contribution in [3.8, 4) is 5.75 Å². The summed E-state index contributed by atoms with van der Waals surface area (Å²) >= 11 is 1.57. The standard InChI is InChI=1S/C29H32N2O3S/c1-3-5-6-10-21-15-17-22(18-16-21)28(33)30-24-12-9-11-23(19-24)29-31(27(32)20-35-29)25-13-7-8-14-26(25)34-4-2/h7-9,11-19,29H,3-6,10,20H2,1-2H3,(H,30,33). The Balaban J connectivity index is 1.49. The van der Waals surface area contributed by atoms with Crippen molar-refractivity contribution in [2.24, 2.45) is 0 Å². The lowest BCUT2D eigenvalue weighted by molar-refractivity contribution is -0.115. The van der Waals surface area contributed by atoms with Gasteiger partial charge in [0.1, 0.15) is 11.1 Å². The third-order valence-corrected chi connectivity index (χ3v) is 7.22. The summed E-state index contributed by atoms with van der Waals surface area (Å²) in [4.78, 5) is 27.5. The second kappa shape index (κ2) is 11.9. The smallest absolute Gasteiger partial charge is 0.255 e. The molecule has 3 aromatic carbocycles. The Bertz CT molecular complexity index is 1160. The zero-order valence-corrected chi connectivity index (χ0v) is 21.1. The number of hydrogen-bond acceptors (Lipinski definition) is 4. The number of thioether (sulfide) groups is 1. The van der Waals surface area contributed by atoms with Gasteiger partial charge in [0.2, 0.25) is 5.91 Å². The van der Waals surface area contributed by atoms with Gasteiger partial charge in [0.25, 0.3) is 5.91 Å². The van der Waals surface area contributed by atoms with Gasteiger partial charge in [-0.2, -0.15) is 0 Å². The molecule has 3 aromatic rings. The van der Waals surface area contributed by atoms with E-state index < -0.39 is 0 Å². The summed E-state index contributed by atoms with van der Waals surface area (Å²) in [6.45, 7) is 4.65. The van der Waals surface area contributed by atoms with Gasteiger partial charge in [-0.25, -0.2) is 0 Å². The predicted octanol–water partition coefficient (Wildman–Crippen LogP) is 6.85. The van der Waals surface area contributed by atoms with E-state index in [1.807, 2.05) is 79.7 Å². The molecule has 0 bridgehead atoms. The average molecular weight is 489 g/mol. The molecule has 1 N–H and O–H groups in total. The summed E-state index contributed by atoms with van der Waals surface area (Å²) in [5.74, 6) is 0.988. The van der Waals surface area contributed by atoms with E-state index in [9.17, 15) is 9.59 Å². The van der Waals surface area contributed by atoms with Gasteiger partial charge in [0, 0.05) is 11.3 Å². The maximum absolute atomic E-state index is 12.9. The number of hydrogen-bond donors (Lipinski definition) is 1. The van der Waals surface area contributed by atoms with Gasteiger partial charge in [-0.15, -0.1) is 11.8 Å². The minimum absolute atomic E-state index is 0.0422. The molecule has 1 aliphatic heterocycles. The Morgan fingerprint density at radius 2 is 1.83 bits per heavy atom. The van der Waals surface area contributed by atoms with Gasteiger partial charge in [-0.3, -0.25) is 14.5 Å². The summed E-state index contributed by atoms with van der Waals surface area (Å²) in [6.07, 6.45) is 4.63. The summed E-state index contributed by atoms with van der Waals surface area (Å²) in [5, 5.41) is 2.82. The SMILES string of the molecule is CCCCCc1ccc(C(=O)Nc2cccc(C3SCC(=O)N3c3ccccc3OCC)c2)cc1. The Hall–Kier alpha value is -3.25. The molecule has 0 spiro atoms. The van der Waals surface area contributed by atoms with E-state index in [-0.39, 0.29) is 17.2 Å². The molecule has 5 nitrogen and oxygen atoms in total. The molecule has 1 fully saturated rings. The second-order valence-corrected chi connectivity index (χ2v) is 9.63. The lowest BCUT2D eigenvalue weighted by atomic mass is 10.0. The van der Waals surface area contributed by atoms with Crippen molar-refractivity contribution in [3.63, 3.8) is 0 Å². The molecule has 35 heavy (non-hydrogen) atoms. The normalized spacial score (nSPS) is 15.3. The van der Waals surface area contributed by atoms with Gasteiger partial charge in [-0.05, 0) is 67.3 Å². The molecule has 0 radical (unpaired) electrons. The largest absolute Gasteiger partial charge is 0.492 e. The van der Waals surface area contributed by atoms with Crippen LogP contribution in [-0.2, 0) is 11.2 Å². The van der Waals surface area contributed by atoms with E-state index in [0.717, 1.165) is 17.7 Å². The molecular weight excluding hydrogens is 456 g/mol. The fraction of sp³-hybridized carbons (Fsp3) is 0.310. The molecule has 0 aliphatic carbocycles. The number of carbonyl (C=O) groups excluding carboxylic acids is 2. The molecule has 2 amide bonds. The Labute approximate surface area is 211 Å². The van der Waals surface area contributed by atoms with Crippen LogP contribution in [0.2, 0.25) is 0 Å². The highest BCUT2D eigenvalue weighted by Gasteiger charge is 2.35. The molecule has 1 unspecified atom stereocenters. The number of carbonyl (C=O) groups is 2. The first-order valence-electron chi connectivity index (χ1n) is 12.3. The van der Waals surface area contributed by atoms with Crippen molar-refractivity contribution in [3.05, 3.63) is 89.5 Å². The Morgan fingerprint density at radius 3 is 2.60 bits per heavy atom. The van der Waals surface area contributed by atoms with E-state index in [1.54, 1.807) is 16.7 Å². The lowest BCUT2D eigenvalue weighted by Gasteiger charge is -2.26. The molecule has 1 saturated heterocycles. The van der Waals surface area contributed by atoms with Crippen molar-refractivity contribution in [1.82, 2.24) is 0 Å². The van der Waals surface area contributed by atoms with Crippen LogP contribution in [0.25, 0.3) is 0 Å². The highest BCUT2D eigenvalue weighted by atomic mass is 32.2. The number of unbranched alkanes of at least 4 members (excludes halogenated alkanes) is 2. The number of aryl methyl sites for hydroxylation is 1. The summed E-state index contributed by atoms with van der Waals surface area (Å²) in [7, 11) is 0. The minimum atomic E-state index is -0.191. The summed E-state index contributed by atoms with van der Waals surface area (Å²) in [5.41, 5.74) is 4.32. The monoisotopic (exact) mass is 488 g/mol. The number of nitrogens with zero attached hydrogens (tertiary/aromatic N) is 1. The first-order valence-corrected chi connectivity index (χ1v) is 13.3. The Morgan fingerprint density at radius 1 is 1.03 bits per heavy atom. The van der Waals surface area contributed by atoms with Crippen molar-refractivity contribution < 1.29 is 14.3 Å². The number of para-hydroxylation sites is 2. The first-order chi connectivity index (χ1) is 17.1. The molecule has 182 valence electrons. The van der Waals surface area contributed by atoms with Crippen LogP contribution in [0.4, 0.5) is 11.4 Å². The summed E-state index contributed by atoms with van der Waals surface area (Å²) < 4.78 is 5.78. The fourth-order valence-electron chi connectivity index (χ4n) is 4.24.